The van der Waals surface area contributed by atoms with Crippen molar-refractivity contribution in [1.29, 1.82) is 5.26 Å². The maximum absolute atomic E-state index is 9.42. The quantitative estimate of drug-likeness (QED) is 0.738. The molecule has 0 N–H and O–H groups in total. The van der Waals surface area contributed by atoms with E-state index in [1.54, 1.807) is 24.3 Å². The molecule has 0 spiro atoms. The maximum Gasteiger partial charge on any atom is 0.122 e. The Labute approximate surface area is 134 Å². The Hall–Kier alpha value is -1.73. The Bertz CT molecular complexity index is 678. The van der Waals surface area contributed by atoms with Crippen molar-refractivity contribution < 1.29 is 4.74 Å². The molecule has 0 saturated heterocycles. The van der Waals surface area contributed by atoms with Crippen molar-refractivity contribution in [3.8, 4) is 6.07 Å². The monoisotopic (exact) mass is 320 g/mol. The number of hydrogen-bond acceptors (Lipinski definition) is 2. The summed E-state index contributed by atoms with van der Waals surface area (Å²) in [6.07, 6.45) is 3.65. The lowest BCUT2D eigenvalue weighted by Crippen LogP contribution is -2.02. The van der Waals surface area contributed by atoms with E-state index in [0.29, 0.717) is 34.5 Å². The van der Waals surface area contributed by atoms with Gasteiger partial charge in [0, 0.05) is 24.1 Å². The summed E-state index contributed by atoms with van der Waals surface area (Å²) in [5.74, 6) is 0. The van der Waals surface area contributed by atoms with Gasteiger partial charge in [-0.3, -0.25) is 0 Å². The summed E-state index contributed by atoms with van der Waals surface area (Å²) in [4.78, 5) is 0. The summed E-state index contributed by atoms with van der Waals surface area (Å²) in [5, 5.41) is 10.3. The molecule has 0 bridgehead atoms. The molecule has 2 rings (SSSR count). The van der Waals surface area contributed by atoms with Gasteiger partial charge in [0.05, 0.1) is 21.7 Å². The number of hydrogen-bond donors (Lipinski definition) is 0. The molecular formula is C16H14Cl2N2O. The Morgan fingerprint density at radius 1 is 1.29 bits per heavy atom. The molecule has 0 aliphatic carbocycles. The number of aromatic nitrogens is 1. The molecule has 0 aliphatic heterocycles. The fraction of sp³-hybridized carbons (Fsp3) is 0.188. The Morgan fingerprint density at radius 2 is 2.00 bits per heavy atom. The van der Waals surface area contributed by atoms with Gasteiger partial charge in [0.2, 0.25) is 0 Å². The molecule has 5 heteroatoms. The van der Waals surface area contributed by atoms with Crippen LogP contribution in [0.15, 0.2) is 36.5 Å². The van der Waals surface area contributed by atoms with Crippen molar-refractivity contribution in [3.05, 3.63) is 57.8 Å². The average molecular weight is 321 g/mol. The molecular weight excluding hydrogens is 307 g/mol. The van der Waals surface area contributed by atoms with E-state index in [1.807, 2.05) is 29.8 Å². The zero-order valence-corrected chi connectivity index (χ0v) is 13.0. The smallest absolute Gasteiger partial charge is 0.122 e. The van der Waals surface area contributed by atoms with Crippen molar-refractivity contribution >= 4 is 34.9 Å². The molecule has 0 radical (unpaired) electrons. The van der Waals surface area contributed by atoms with Crippen LogP contribution in [-0.4, -0.2) is 11.2 Å². The normalized spacial score (nSPS) is 11.4. The number of halogens is 2. The van der Waals surface area contributed by atoms with Crippen LogP contribution in [0.25, 0.3) is 11.6 Å². The van der Waals surface area contributed by atoms with Crippen LogP contribution in [0.3, 0.4) is 0 Å². The molecule has 0 saturated carbocycles. The highest BCUT2D eigenvalue weighted by atomic mass is 35.5. The first kappa shape index (κ1) is 15.7. The minimum atomic E-state index is 0.419. The van der Waals surface area contributed by atoms with Crippen molar-refractivity contribution in [2.75, 3.05) is 6.61 Å². The molecule has 108 valence electrons. The Kier molecular flexibility index (Phi) is 5.46. The molecule has 1 heterocycles. The fourth-order valence-electron chi connectivity index (χ4n) is 1.93. The van der Waals surface area contributed by atoms with Gasteiger partial charge in [0.15, 0.2) is 0 Å². The molecule has 0 atom stereocenters. The number of allylic oxidation sites excluding steroid dienone is 1. The predicted octanol–water partition coefficient (Wildman–Crippen LogP) is 4.85. The number of ether oxygens (including phenoxy) is 1. The van der Waals surface area contributed by atoms with E-state index in [1.165, 1.54) is 0 Å². The summed E-state index contributed by atoms with van der Waals surface area (Å²) in [7, 11) is 0. The first-order valence-electron chi connectivity index (χ1n) is 6.46. The van der Waals surface area contributed by atoms with Gasteiger partial charge in [-0.2, -0.15) is 5.26 Å². The number of benzene rings is 1. The Morgan fingerprint density at radius 3 is 2.62 bits per heavy atom. The standard InChI is InChI=1S/C16H14Cl2N2O/c1-2-21-11-20-8-4-5-13(20)9-12(10-19)16-14(17)6-3-7-15(16)18/h3-9H,2,11H2,1H3/b12-9+. The summed E-state index contributed by atoms with van der Waals surface area (Å²) < 4.78 is 7.29. The molecule has 0 unspecified atom stereocenters. The van der Waals surface area contributed by atoms with Crippen LogP contribution in [0, 0.1) is 11.3 Å². The highest BCUT2D eigenvalue weighted by Crippen LogP contribution is 2.31. The van der Waals surface area contributed by atoms with E-state index in [4.69, 9.17) is 27.9 Å². The Balaban J connectivity index is 2.43. The predicted molar refractivity (Wildman–Crippen MR) is 86.0 cm³/mol. The largest absolute Gasteiger partial charge is 0.361 e. The van der Waals surface area contributed by atoms with Gasteiger partial charge in [-0.05, 0) is 37.3 Å². The van der Waals surface area contributed by atoms with Crippen LogP contribution in [0.4, 0.5) is 0 Å². The van der Waals surface area contributed by atoms with Gasteiger partial charge in [0.25, 0.3) is 0 Å². The molecule has 2 aromatic rings. The zero-order chi connectivity index (χ0) is 15.2. The SMILES string of the molecule is CCOCn1cccc1/C=C(\C#N)c1c(Cl)cccc1Cl. The highest BCUT2D eigenvalue weighted by molar-refractivity contribution is 6.38. The average Bonchev–Trinajstić information content (AvgIpc) is 2.90. The molecule has 0 aliphatic rings. The van der Waals surface area contributed by atoms with E-state index >= 15 is 0 Å². The number of nitriles is 1. The summed E-state index contributed by atoms with van der Waals surface area (Å²) >= 11 is 12.3. The second-order valence-electron chi connectivity index (χ2n) is 4.29. The van der Waals surface area contributed by atoms with E-state index in [9.17, 15) is 5.26 Å². The van der Waals surface area contributed by atoms with Gasteiger partial charge in [-0.25, -0.2) is 0 Å². The minimum Gasteiger partial charge on any atom is -0.361 e. The van der Waals surface area contributed by atoms with Crippen molar-refractivity contribution in [2.24, 2.45) is 0 Å². The van der Waals surface area contributed by atoms with Crippen LogP contribution < -0.4 is 0 Å². The second-order valence-corrected chi connectivity index (χ2v) is 5.11. The molecule has 0 fully saturated rings. The molecule has 0 amide bonds. The molecule has 3 nitrogen and oxygen atoms in total. The van der Waals surface area contributed by atoms with Gasteiger partial charge in [-0.15, -0.1) is 0 Å². The lowest BCUT2D eigenvalue weighted by atomic mass is 10.1. The highest BCUT2D eigenvalue weighted by Gasteiger charge is 2.11. The number of nitrogens with zero attached hydrogens (tertiary/aromatic N) is 2. The zero-order valence-electron chi connectivity index (χ0n) is 11.5. The van der Waals surface area contributed by atoms with Gasteiger partial charge < -0.3 is 9.30 Å². The topological polar surface area (TPSA) is 38.0 Å². The molecule has 21 heavy (non-hydrogen) atoms. The third-order valence-electron chi connectivity index (χ3n) is 2.94. The van der Waals surface area contributed by atoms with E-state index in [0.717, 1.165) is 5.69 Å². The van der Waals surface area contributed by atoms with Gasteiger partial charge in [-0.1, -0.05) is 29.3 Å². The van der Waals surface area contributed by atoms with Crippen LogP contribution in [0.5, 0.6) is 0 Å². The van der Waals surface area contributed by atoms with Gasteiger partial charge >= 0.3 is 0 Å². The van der Waals surface area contributed by atoms with Crippen molar-refractivity contribution in [3.63, 3.8) is 0 Å². The van der Waals surface area contributed by atoms with Crippen LogP contribution in [0.2, 0.25) is 10.0 Å². The first-order valence-corrected chi connectivity index (χ1v) is 7.22. The lowest BCUT2D eigenvalue weighted by molar-refractivity contribution is 0.0877. The lowest BCUT2D eigenvalue weighted by Gasteiger charge is -2.08. The van der Waals surface area contributed by atoms with Crippen LogP contribution in [0.1, 0.15) is 18.2 Å². The van der Waals surface area contributed by atoms with Gasteiger partial charge in [0.1, 0.15) is 6.73 Å². The van der Waals surface area contributed by atoms with E-state index in [2.05, 4.69) is 6.07 Å². The summed E-state index contributed by atoms with van der Waals surface area (Å²) in [6.45, 7) is 3.00. The number of rotatable bonds is 5. The second kappa shape index (κ2) is 7.33. The maximum atomic E-state index is 9.42. The minimum absolute atomic E-state index is 0.419. The van der Waals surface area contributed by atoms with Crippen LogP contribution in [-0.2, 0) is 11.5 Å². The third-order valence-corrected chi connectivity index (χ3v) is 3.57. The van der Waals surface area contributed by atoms with E-state index in [-0.39, 0.29) is 0 Å². The first-order chi connectivity index (χ1) is 10.2. The van der Waals surface area contributed by atoms with E-state index < -0.39 is 0 Å². The summed E-state index contributed by atoms with van der Waals surface area (Å²) in [6, 6.07) is 11.1. The third kappa shape index (κ3) is 3.68. The van der Waals surface area contributed by atoms with Crippen molar-refractivity contribution in [2.45, 2.75) is 13.7 Å². The van der Waals surface area contributed by atoms with Crippen LogP contribution >= 0.6 is 23.2 Å². The van der Waals surface area contributed by atoms with Crippen molar-refractivity contribution in [1.82, 2.24) is 4.57 Å². The molecule has 1 aromatic carbocycles. The summed E-state index contributed by atoms with van der Waals surface area (Å²) in [5.41, 5.74) is 1.82. The molecule has 1 aromatic heterocycles. The fourth-order valence-corrected chi connectivity index (χ4v) is 2.53.